The largest absolute Gasteiger partial charge is 0.393 e. The summed E-state index contributed by atoms with van der Waals surface area (Å²) in [4.78, 5) is 17.9. The summed E-state index contributed by atoms with van der Waals surface area (Å²) in [5, 5.41) is 10.2. The van der Waals surface area contributed by atoms with Crippen molar-refractivity contribution in [2.24, 2.45) is 5.73 Å². The molecular weight excluding hydrogens is 240 g/mol. The van der Waals surface area contributed by atoms with Crippen LogP contribution in [-0.4, -0.2) is 35.2 Å². The van der Waals surface area contributed by atoms with Crippen LogP contribution in [0, 0.1) is 0 Å². The summed E-state index contributed by atoms with van der Waals surface area (Å²) in [5.41, 5.74) is 10.9. The minimum absolute atomic E-state index is 0.139. The number of hydrogen-bond donors (Lipinski definition) is 3. The van der Waals surface area contributed by atoms with E-state index in [9.17, 15) is 9.90 Å². The Kier molecular flexibility index (Phi) is 3.49. The number of nitrogens with two attached hydrogens (primary N) is 2. The SMILES string of the molecule is NC(=O)Cc1sc(N2CCC(O)CC2)nc1N. The van der Waals surface area contributed by atoms with Gasteiger partial charge in [0.1, 0.15) is 5.82 Å². The van der Waals surface area contributed by atoms with Crippen LogP contribution in [0.3, 0.4) is 0 Å². The zero-order valence-electron chi connectivity index (χ0n) is 9.43. The Morgan fingerprint density at radius 3 is 2.76 bits per heavy atom. The molecule has 0 bridgehead atoms. The van der Waals surface area contributed by atoms with Crippen LogP contribution < -0.4 is 16.4 Å². The van der Waals surface area contributed by atoms with E-state index in [1.165, 1.54) is 11.3 Å². The monoisotopic (exact) mass is 256 g/mol. The molecule has 1 fully saturated rings. The van der Waals surface area contributed by atoms with Crippen LogP contribution in [0.25, 0.3) is 0 Å². The van der Waals surface area contributed by atoms with E-state index in [0.717, 1.165) is 35.9 Å². The van der Waals surface area contributed by atoms with Gasteiger partial charge in [0.2, 0.25) is 5.91 Å². The van der Waals surface area contributed by atoms with Crippen LogP contribution in [0.4, 0.5) is 10.9 Å². The summed E-state index contributed by atoms with van der Waals surface area (Å²) in [6.07, 6.45) is 1.41. The molecule has 0 aromatic carbocycles. The predicted octanol–water partition coefficient (Wildman–Crippen LogP) is -0.286. The van der Waals surface area contributed by atoms with Gasteiger partial charge < -0.3 is 21.5 Å². The van der Waals surface area contributed by atoms with Crippen molar-refractivity contribution < 1.29 is 9.90 Å². The third-order valence-corrected chi connectivity index (χ3v) is 3.92. The van der Waals surface area contributed by atoms with Crippen molar-refractivity contribution in [3.05, 3.63) is 4.88 Å². The zero-order valence-corrected chi connectivity index (χ0v) is 10.2. The molecule has 0 radical (unpaired) electrons. The number of carbonyl (C=O) groups is 1. The highest BCUT2D eigenvalue weighted by Crippen LogP contribution is 2.30. The van der Waals surface area contributed by atoms with Gasteiger partial charge >= 0.3 is 0 Å². The van der Waals surface area contributed by atoms with Crippen LogP contribution in [0.2, 0.25) is 0 Å². The number of thiazole rings is 1. The fourth-order valence-corrected chi connectivity index (χ4v) is 2.87. The number of rotatable bonds is 3. The number of aliphatic hydroxyl groups excluding tert-OH is 1. The van der Waals surface area contributed by atoms with Crippen molar-refractivity contribution in [3.63, 3.8) is 0 Å². The lowest BCUT2D eigenvalue weighted by atomic mass is 10.1. The second-order valence-electron chi connectivity index (χ2n) is 4.17. The van der Waals surface area contributed by atoms with Gasteiger partial charge in [-0.15, -0.1) is 0 Å². The van der Waals surface area contributed by atoms with Crippen LogP contribution in [0.1, 0.15) is 17.7 Å². The average molecular weight is 256 g/mol. The summed E-state index contributed by atoms with van der Waals surface area (Å²) in [7, 11) is 0. The van der Waals surface area contributed by atoms with Crippen LogP contribution in [0.15, 0.2) is 0 Å². The maximum absolute atomic E-state index is 10.8. The molecule has 1 aromatic rings. The van der Waals surface area contributed by atoms with Crippen molar-refractivity contribution >= 4 is 28.2 Å². The van der Waals surface area contributed by atoms with Gasteiger partial charge in [-0.3, -0.25) is 4.79 Å². The van der Waals surface area contributed by atoms with Gasteiger partial charge in [-0.05, 0) is 12.8 Å². The fraction of sp³-hybridized carbons (Fsp3) is 0.600. The van der Waals surface area contributed by atoms with Gasteiger partial charge in [0.15, 0.2) is 5.13 Å². The molecule has 7 heteroatoms. The normalized spacial score (nSPS) is 17.4. The first-order valence-electron chi connectivity index (χ1n) is 5.52. The van der Waals surface area contributed by atoms with E-state index < -0.39 is 5.91 Å². The van der Waals surface area contributed by atoms with E-state index in [4.69, 9.17) is 11.5 Å². The maximum Gasteiger partial charge on any atom is 0.222 e. The topological polar surface area (TPSA) is 105 Å². The summed E-state index contributed by atoms with van der Waals surface area (Å²) in [6.45, 7) is 1.54. The molecule has 0 spiro atoms. The summed E-state index contributed by atoms with van der Waals surface area (Å²) >= 11 is 1.40. The van der Waals surface area contributed by atoms with Crippen molar-refractivity contribution in [1.29, 1.82) is 0 Å². The lowest BCUT2D eigenvalue weighted by molar-refractivity contribution is -0.117. The lowest BCUT2D eigenvalue weighted by Gasteiger charge is -2.28. The molecule has 1 aliphatic heterocycles. The van der Waals surface area contributed by atoms with Crippen LogP contribution in [-0.2, 0) is 11.2 Å². The predicted molar refractivity (Wildman–Crippen MR) is 66.9 cm³/mol. The molecule has 0 aliphatic carbocycles. The molecule has 2 rings (SSSR count). The smallest absolute Gasteiger partial charge is 0.222 e. The number of primary amides is 1. The number of amides is 1. The van der Waals surface area contributed by atoms with Gasteiger partial charge in [0.25, 0.3) is 0 Å². The van der Waals surface area contributed by atoms with Gasteiger partial charge in [0, 0.05) is 13.1 Å². The highest BCUT2D eigenvalue weighted by Gasteiger charge is 2.21. The van der Waals surface area contributed by atoms with Gasteiger partial charge in [-0.25, -0.2) is 4.98 Å². The van der Waals surface area contributed by atoms with E-state index in [0.29, 0.717) is 5.82 Å². The van der Waals surface area contributed by atoms with Gasteiger partial charge in [-0.2, -0.15) is 0 Å². The maximum atomic E-state index is 10.8. The minimum atomic E-state index is -0.402. The van der Waals surface area contributed by atoms with Gasteiger partial charge in [-0.1, -0.05) is 11.3 Å². The Hall–Kier alpha value is -1.34. The van der Waals surface area contributed by atoms with Crippen molar-refractivity contribution in [2.75, 3.05) is 23.7 Å². The van der Waals surface area contributed by atoms with Crippen molar-refractivity contribution in [2.45, 2.75) is 25.4 Å². The number of nitrogens with zero attached hydrogens (tertiary/aromatic N) is 2. The van der Waals surface area contributed by atoms with E-state index in [2.05, 4.69) is 9.88 Å². The Balaban J connectivity index is 2.09. The highest BCUT2D eigenvalue weighted by molar-refractivity contribution is 7.16. The molecule has 1 saturated heterocycles. The molecule has 0 atom stereocenters. The average Bonchev–Trinajstić information content (AvgIpc) is 2.60. The molecule has 2 heterocycles. The summed E-state index contributed by atoms with van der Waals surface area (Å²) in [6, 6.07) is 0. The molecule has 0 unspecified atom stereocenters. The third-order valence-electron chi connectivity index (χ3n) is 2.79. The molecule has 6 nitrogen and oxygen atoms in total. The van der Waals surface area contributed by atoms with Crippen molar-refractivity contribution in [1.82, 2.24) is 4.98 Å². The van der Waals surface area contributed by atoms with E-state index in [1.807, 2.05) is 0 Å². The second kappa shape index (κ2) is 4.89. The fourth-order valence-electron chi connectivity index (χ4n) is 1.83. The number of piperidine rings is 1. The molecule has 1 amide bonds. The Labute approximate surface area is 103 Å². The first-order chi connectivity index (χ1) is 8.06. The molecule has 0 saturated carbocycles. The molecule has 1 aromatic heterocycles. The summed E-state index contributed by atoms with van der Waals surface area (Å²) in [5.74, 6) is -0.0177. The number of hydrogen-bond acceptors (Lipinski definition) is 6. The third kappa shape index (κ3) is 2.86. The number of aliphatic hydroxyl groups is 1. The van der Waals surface area contributed by atoms with E-state index >= 15 is 0 Å². The molecule has 5 N–H and O–H groups in total. The zero-order chi connectivity index (χ0) is 12.4. The highest BCUT2D eigenvalue weighted by atomic mass is 32.1. The molecule has 1 aliphatic rings. The van der Waals surface area contributed by atoms with Gasteiger partial charge in [0.05, 0.1) is 17.4 Å². The first kappa shape index (κ1) is 12.1. The Morgan fingerprint density at radius 1 is 1.53 bits per heavy atom. The van der Waals surface area contributed by atoms with Crippen LogP contribution >= 0.6 is 11.3 Å². The molecule has 17 heavy (non-hydrogen) atoms. The molecular formula is C10H16N4O2S. The molecule has 94 valence electrons. The number of carbonyl (C=O) groups excluding carboxylic acids is 1. The number of aromatic nitrogens is 1. The van der Waals surface area contributed by atoms with E-state index in [-0.39, 0.29) is 12.5 Å². The Morgan fingerprint density at radius 2 is 2.18 bits per heavy atom. The number of nitrogen functional groups attached to an aromatic ring is 1. The first-order valence-corrected chi connectivity index (χ1v) is 6.34. The Bertz CT molecular complexity index is 412. The van der Waals surface area contributed by atoms with E-state index in [1.54, 1.807) is 0 Å². The quantitative estimate of drug-likeness (QED) is 0.689. The van der Waals surface area contributed by atoms with Crippen molar-refractivity contribution in [3.8, 4) is 0 Å². The number of anilines is 2. The lowest BCUT2D eigenvalue weighted by Crippen LogP contribution is -2.35. The second-order valence-corrected chi connectivity index (χ2v) is 5.23. The minimum Gasteiger partial charge on any atom is -0.393 e. The summed E-state index contributed by atoms with van der Waals surface area (Å²) < 4.78 is 0. The van der Waals surface area contributed by atoms with Crippen LogP contribution in [0.5, 0.6) is 0 Å². The standard InChI is InChI=1S/C10H16N4O2S/c11-8(16)5-7-9(12)13-10(17-7)14-3-1-6(15)2-4-14/h6,15H,1-5,12H2,(H2,11,16).